The first kappa shape index (κ1) is 16.0. The van der Waals surface area contributed by atoms with Gasteiger partial charge in [0.1, 0.15) is 0 Å². The van der Waals surface area contributed by atoms with Crippen molar-refractivity contribution in [2.24, 2.45) is 11.8 Å². The van der Waals surface area contributed by atoms with Gasteiger partial charge >= 0.3 is 12.1 Å². The predicted molar refractivity (Wildman–Crippen MR) is 64.6 cm³/mol. The first-order valence-electron chi connectivity index (χ1n) is 6.68. The lowest BCUT2D eigenvalue weighted by Crippen LogP contribution is -2.23. The molecular weight excluding hydrogens is 295 g/mol. The van der Waals surface area contributed by atoms with E-state index in [4.69, 9.17) is 4.74 Å². The average Bonchev–Trinajstić information content (AvgIpc) is 2.97. The standard InChI is InChI=1S/C14H15F5O2/c15-13(16,3-4-14(17,18)19)5-6-21-12(20)11-8-9-1-2-10(11)7-9/h1-2,8-10H,3-7H2. The van der Waals surface area contributed by atoms with Crippen LogP contribution in [0.2, 0.25) is 0 Å². The molecule has 0 N–H and O–H groups in total. The van der Waals surface area contributed by atoms with Crippen LogP contribution < -0.4 is 0 Å². The van der Waals surface area contributed by atoms with Crippen molar-refractivity contribution in [1.29, 1.82) is 0 Å². The molecule has 0 fully saturated rings. The van der Waals surface area contributed by atoms with E-state index in [2.05, 4.69) is 0 Å². The highest BCUT2D eigenvalue weighted by atomic mass is 19.4. The molecule has 7 heteroatoms. The number of allylic oxidation sites excluding steroid dienone is 3. The second kappa shape index (κ2) is 5.77. The Morgan fingerprint density at radius 2 is 1.86 bits per heavy atom. The van der Waals surface area contributed by atoms with Crippen LogP contribution in [0.15, 0.2) is 23.8 Å². The zero-order chi connectivity index (χ0) is 15.7. The number of rotatable bonds is 6. The summed E-state index contributed by atoms with van der Waals surface area (Å²) in [5, 5.41) is 0. The number of halogens is 5. The molecule has 2 atom stereocenters. The quantitative estimate of drug-likeness (QED) is 0.420. The van der Waals surface area contributed by atoms with Crippen molar-refractivity contribution in [3.05, 3.63) is 23.8 Å². The van der Waals surface area contributed by atoms with Crippen LogP contribution in [-0.2, 0) is 9.53 Å². The van der Waals surface area contributed by atoms with Gasteiger partial charge in [0, 0.05) is 30.8 Å². The summed E-state index contributed by atoms with van der Waals surface area (Å²) in [5.74, 6) is -3.96. The van der Waals surface area contributed by atoms with Gasteiger partial charge in [0.05, 0.1) is 6.61 Å². The molecule has 2 bridgehead atoms. The van der Waals surface area contributed by atoms with Gasteiger partial charge in [0.2, 0.25) is 0 Å². The lowest BCUT2D eigenvalue weighted by Gasteiger charge is -2.17. The summed E-state index contributed by atoms with van der Waals surface area (Å²) in [7, 11) is 0. The first-order chi connectivity index (χ1) is 9.66. The van der Waals surface area contributed by atoms with Crippen molar-refractivity contribution in [2.45, 2.75) is 37.8 Å². The van der Waals surface area contributed by atoms with Crippen LogP contribution in [0.3, 0.4) is 0 Å². The minimum Gasteiger partial charge on any atom is -0.462 e. The Morgan fingerprint density at radius 1 is 1.14 bits per heavy atom. The van der Waals surface area contributed by atoms with Crippen LogP contribution in [-0.4, -0.2) is 24.7 Å². The van der Waals surface area contributed by atoms with Gasteiger partial charge in [-0.2, -0.15) is 13.2 Å². The fourth-order valence-corrected chi connectivity index (χ4v) is 2.48. The lowest BCUT2D eigenvalue weighted by molar-refractivity contribution is -0.156. The van der Waals surface area contributed by atoms with E-state index in [0.29, 0.717) is 5.57 Å². The van der Waals surface area contributed by atoms with Crippen molar-refractivity contribution in [2.75, 3.05) is 6.61 Å². The molecule has 0 aromatic rings. The van der Waals surface area contributed by atoms with Crippen molar-refractivity contribution in [1.82, 2.24) is 0 Å². The topological polar surface area (TPSA) is 26.3 Å². The Kier molecular flexibility index (Phi) is 4.39. The molecule has 0 spiro atoms. The second-order valence-corrected chi connectivity index (χ2v) is 5.37. The van der Waals surface area contributed by atoms with Gasteiger partial charge in [-0.15, -0.1) is 0 Å². The smallest absolute Gasteiger partial charge is 0.389 e. The largest absolute Gasteiger partial charge is 0.462 e. The molecule has 0 aromatic carbocycles. The molecule has 0 aromatic heterocycles. The molecule has 118 valence electrons. The van der Waals surface area contributed by atoms with E-state index in [1.165, 1.54) is 0 Å². The van der Waals surface area contributed by atoms with Gasteiger partial charge in [-0.05, 0) is 12.3 Å². The Morgan fingerprint density at radius 3 is 2.38 bits per heavy atom. The van der Waals surface area contributed by atoms with Gasteiger partial charge in [-0.25, -0.2) is 13.6 Å². The Hall–Kier alpha value is -1.40. The zero-order valence-electron chi connectivity index (χ0n) is 11.1. The summed E-state index contributed by atoms with van der Waals surface area (Å²) in [6.45, 7) is -0.581. The van der Waals surface area contributed by atoms with Gasteiger partial charge in [-0.1, -0.05) is 18.2 Å². The SMILES string of the molecule is O=C(OCCC(F)(F)CCC(F)(F)F)C1=CC2C=CC1C2. The number of carbonyl (C=O) groups is 1. The molecule has 2 rings (SSSR count). The van der Waals surface area contributed by atoms with E-state index >= 15 is 0 Å². The predicted octanol–water partition coefficient (Wildman–Crippen LogP) is 4.03. The van der Waals surface area contributed by atoms with Gasteiger partial charge < -0.3 is 4.74 Å². The highest BCUT2D eigenvalue weighted by Gasteiger charge is 2.37. The number of carbonyl (C=O) groups excluding carboxylic acids is 1. The molecule has 0 heterocycles. The van der Waals surface area contributed by atoms with E-state index in [9.17, 15) is 26.7 Å². The van der Waals surface area contributed by atoms with Crippen LogP contribution in [0.4, 0.5) is 22.0 Å². The van der Waals surface area contributed by atoms with Gasteiger partial charge in [0.25, 0.3) is 5.92 Å². The third-order valence-electron chi connectivity index (χ3n) is 3.62. The monoisotopic (exact) mass is 310 g/mol. The second-order valence-electron chi connectivity index (χ2n) is 5.37. The van der Waals surface area contributed by atoms with Crippen molar-refractivity contribution < 1.29 is 31.5 Å². The van der Waals surface area contributed by atoms with E-state index in [1.807, 2.05) is 12.2 Å². The highest BCUT2D eigenvalue weighted by molar-refractivity contribution is 5.90. The van der Waals surface area contributed by atoms with Crippen LogP contribution in [0, 0.1) is 11.8 Å². The third-order valence-corrected chi connectivity index (χ3v) is 3.62. The minimum atomic E-state index is -4.61. The summed E-state index contributed by atoms with van der Waals surface area (Å²) in [6, 6.07) is 0. The highest BCUT2D eigenvalue weighted by Crippen LogP contribution is 2.38. The third kappa shape index (κ3) is 4.54. The van der Waals surface area contributed by atoms with Crippen LogP contribution in [0.25, 0.3) is 0 Å². The van der Waals surface area contributed by atoms with Crippen molar-refractivity contribution in [3.8, 4) is 0 Å². The summed E-state index contributed by atoms with van der Waals surface area (Å²) < 4.78 is 66.9. The van der Waals surface area contributed by atoms with E-state index in [-0.39, 0.29) is 11.8 Å². The molecule has 21 heavy (non-hydrogen) atoms. The summed E-state index contributed by atoms with van der Waals surface area (Å²) in [6.07, 6.45) is -1.96. The number of hydrogen-bond donors (Lipinski definition) is 0. The Balaban J connectivity index is 1.71. The maximum atomic E-state index is 13.2. The zero-order valence-corrected chi connectivity index (χ0v) is 11.1. The molecule has 0 amide bonds. The van der Waals surface area contributed by atoms with E-state index < -0.39 is 43.9 Å². The van der Waals surface area contributed by atoms with E-state index in [1.54, 1.807) is 6.08 Å². The molecule has 0 saturated carbocycles. The van der Waals surface area contributed by atoms with Gasteiger partial charge in [-0.3, -0.25) is 0 Å². The molecule has 2 aliphatic carbocycles. The lowest BCUT2D eigenvalue weighted by atomic mass is 10.0. The maximum absolute atomic E-state index is 13.2. The number of ether oxygens (including phenoxy) is 1. The molecule has 2 unspecified atom stereocenters. The van der Waals surface area contributed by atoms with Crippen molar-refractivity contribution in [3.63, 3.8) is 0 Å². The Bertz CT molecular complexity index is 464. The average molecular weight is 310 g/mol. The van der Waals surface area contributed by atoms with Crippen molar-refractivity contribution >= 4 is 5.97 Å². The number of alkyl halides is 5. The van der Waals surface area contributed by atoms with Gasteiger partial charge in [0.15, 0.2) is 0 Å². The summed E-state index contributed by atoms with van der Waals surface area (Å²) in [5.41, 5.74) is 0.459. The van der Waals surface area contributed by atoms with E-state index in [0.717, 1.165) is 6.42 Å². The first-order valence-corrected chi connectivity index (χ1v) is 6.68. The normalized spacial score (nSPS) is 24.3. The minimum absolute atomic E-state index is 0.0201. The van der Waals surface area contributed by atoms with Crippen LogP contribution in [0.1, 0.15) is 25.7 Å². The number of esters is 1. The molecular formula is C14H15F5O2. The fourth-order valence-electron chi connectivity index (χ4n) is 2.48. The molecule has 0 aliphatic heterocycles. The Labute approximate surface area is 118 Å². The fraction of sp³-hybridized carbons (Fsp3) is 0.643. The summed E-state index contributed by atoms with van der Waals surface area (Å²) >= 11 is 0. The van der Waals surface area contributed by atoms with Crippen LogP contribution in [0.5, 0.6) is 0 Å². The molecule has 0 saturated heterocycles. The molecule has 2 aliphatic rings. The number of fused-ring (bicyclic) bond motifs is 2. The molecule has 2 nitrogen and oxygen atoms in total. The molecule has 0 radical (unpaired) electrons. The number of hydrogen-bond acceptors (Lipinski definition) is 2. The maximum Gasteiger partial charge on any atom is 0.389 e. The summed E-state index contributed by atoms with van der Waals surface area (Å²) in [4.78, 5) is 11.7. The van der Waals surface area contributed by atoms with Crippen LogP contribution >= 0.6 is 0 Å².